The van der Waals surface area contributed by atoms with Gasteiger partial charge in [0.1, 0.15) is 11.5 Å². The summed E-state index contributed by atoms with van der Waals surface area (Å²) in [5, 5.41) is 0.0253. The fraction of sp³-hybridized carbons (Fsp3) is 0.478. The number of halogens is 4. The minimum absolute atomic E-state index is 0.0383. The van der Waals surface area contributed by atoms with Crippen molar-refractivity contribution in [3.8, 4) is 11.3 Å². The van der Waals surface area contributed by atoms with Crippen LogP contribution >= 0.6 is 0 Å². The summed E-state index contributed by atoms with van der Waals surface area (Å²) in [4.78, 5) is 7.44. The highest BCUT2D eigenvalue weighted by Gasteiger charge is 2.38. The molecule has 11 heteroatoms. The van der Waals surface area contributed by atoms with E-state index in [9.17, 15) is 21.6 Å². The van der Waals surface area contributed by atoms with E-state index in [1.54, 1.807) is 6.20 Å². The van der Waals surface area contributed by atoms with Crippen molar-refractivity contribution in [2.45, 2.75) is 65.1 Å². The number of aryl methyl sites for hydroxylation is 1. The SMILES string of the molecule is Cc1cnc(-c2cc3c(cc2F)c(CNS(=O)(=O)C2CC2)cn3CC(C)(C)C)c(C(F)(F)F)n1. The third kappa shape index (κ3) is 5.10. The molecule has 4 rings (SSSR count). The molecule has 0 amide bonds. The number of nitrogens with one attached hydrogen (secondary N) is 1. The number of sulfonamides is 1. The third-order valence-corrected chi connectivity index (χ3v) is 7.44. The number of hydrogen-bond donors (Lipinski definition) is 1. The zero-order valence-corrected chi connectivity index (χ0v) is 20.1. The van der Waals surface area contributed by atoms with E-state index in [0.29, 0.717) is 35.9 Å². The summed E-state index contributed by atoms with van der Waals surface area (Å²) in [5.41, 5.74) is -1.26. The molecule has 1 aliphatic rings. The Morgan fingerprint density at radius 1 is 1.18 bits per heavy atom. The predicted octanol–water partition coefficient (Wildman–Crippen LogP) is 5.19. The second-order valence-corrected chi connectivity index (χ2v) is 12.0. The van der Waals surface area contributed by atoms with Gasteiger partial charge in [-0.05, 0) is 42.9 Å². The van der Waals surface area contributed by atoms with Crippen molar-refractivity contribution in [3.05, 3.63) is 47.3 Å². The quantitative estimate of drug-likeness (QED) is 0.475. The molecule has 0 spiro atoms. The van der Waals surface area contributed by atoms with Crippen LogP contribution in [0.2, 0.25) is 0 Å². The van der Waals surface area contributed by atoms with Crippen LogP contribution in [0.25, 0.3) is 22.2 Å². The fourth-order valence-electron chi connectivity index (χ4n) is 3.89. The number of alkyl halides is 3. The lowest BCUT2D eigenvalue weighted by atomic mass is 9.97. The van der Waals surface area contributed by atoms with Crippen molar-refractivity contribution >= 4 is 20.9 Å². The van der Waals surface area contributed by atoms with E-state index >= 15 is 4.39 Å². The summed E-state index contributed by atoms with van der Waals surface area (Å²) in [6, 6.07) is 2.48. The molecule has 6 nitrogen and oxygen atoms in total. The first-order chi connectivity index (χ1) is 15.7. The molecule has 1 saturated carbocycles. The van der Waals surface area contributed by atoms with Gasteiger partial charge in [0.15, 0.2) is 5.69 Å². The van der Waals surface area contributed by atoms with Crippen LogP contribution < -0.4 is 4.72 Å². The van der Waals surface area contributed by atoms with Gasteiger partial charge < -0.3 is 4.57 Å². The molecule has 0 radical (unpaired) electrons. The van der Waals surface area contributed by atoms with Crippen molar-refractivity contribution in [2.75, 3.05) is 0 Å². The first kappa shape index (κ1) is 24.6. The number of rotatable bonds is 6. The van der Waals surface area contributed by atoms with E-state index in [0.717, 1.165) is 6.07 Å². The van der Waals surface area contributed by atoms with E-state index in [4.69, 9.17) is 0 Å². The molecule has 0 unspecified atom stereocenters. The Kier molecular flexibility index (Phi) is 6.00. The second-order valence-electron chi connectivity index (χ2n) is 9.96. The Hall–Kier alpha value is -2.53. The van der Waals surface area contributed by atoms with Crippen molar-refractivity contribution in [1.29, 1.82) is 0 Å². The molecule has 2 aromatic heterocycles. The van der Waals surface area contributed by atoms with Gasteiger partial charge in [0.2, 0.25) is 10.0 Å². The van der Waals surface area contributed by atoms with Crippen molar-refractivity contribution in [1.82, 2.24) is 19.3 Å². The molecule has 2 heterocycles. The van der Waals surface area contributed by atoms with E-state index < -0.39 is 38.7 Å². The molecule has 0 saturated heterocycles. The van der Waals surface area contributed by atoms with Crippen molar-refractivity contribution in [3.63, 3.8) is 0 Å². The topological polar surface area (TPSA) is 76.9 Å². The van der Waals surface area contributed by atoms with Crippen LogP contribution in [0, 0.1) is 18.2 Å². The molecule has 184 valence electrons. The lowest BCUT2D eigenvalue weighted by molar-refractivity contribution is -0.140. The number of hydrogen-bond acceptors (Lipinski definition) is 4. The average Bonchev–Trinajstić information content (AvgIpc) is 3.51. The maximum absolute atomic E-state index is 15.2. The average molecular weight is 499 g/mol. The Morgan fingerprint density at radius 3 is 2.44 bits per heavy atom. The lowest BCUT2D eigenvalue weighted by Gasteiger charge is -2.20. The summed E-state index contributed by atoms with van der Waals surface area (Å²) in [6.07, 6.45) is -0.702. The minimum atomic E-state index is -4.81. The first-order valence-corrected chi connectivity index (χ1v) is 12.4. The zero-order valence-electron chi connectivity index (χ0n) is 19.3. The van der Waals surface area contributed by atoms with Gasteiger partial charge in [-0.1, -0.05) is 20.8 Å². The molecule has 1 fully saturated rings. The molecular formula is C23H26F4N4O2S. The monoisotopic (exact) mass is 498 g/mol. The number of fused-ring (bicyclic) bond motifs is 1. The predicted molar refractivity (Wildman–Crippen MR) is 121 cm³/mol. The Bertz CT molecular complexity index is 1350. The molecular weight excluding hydrogens is 472 g/mol. The summed E-state index contributed by atoms with van der Waals surface area (Å²) < 4.78 is 85.2. The maximum Gasteiger partial charge on any atom is 0.435 e. The van der Waals surface area contributed by atoms with E-state index in [1.807, 2.05) is 25.3 Å². The smallest absolute Gasteiger partial charge is 0.347 e. The van der Waals surface area contributed by atoms with Crippen LogP contribution in [0.3, 0.4) is 0 Å². The summed E-state index contributed by atoms with van der Waals surface area (Å²) in [6.45, 7) is 7.80. The van der Waals surface area contributed by atoms with E-state index in [2.05, 4.69) is 14.7 Å². The minimum Gasteiger partial charge on any atom is -0.347 e. The van der Waals surface area contributed by atoms with Gasteiger partial charge in [0.25, 0.3) is 0 Å². The van der Waals surface area contributed by atoms with Gasteiger partial charge in [0, 0.05) is 41.9 Å². The highest BCUT2D eigenvalue weighted by molar-refractivity contribution is 7.90. The Balaban J connectivity index is 1.86. The highest BCUT2D eigenvalue weighted by atomic mass is 32.2. The first-order valence-electron chi connectivity index (χ1n) is 10.9. The molecule has 0 bridgehead atoms. The van der Waals surface area contributed by atoms with Gasteiger partial charge in [-0.15, -0.1) is 0 Å². The largest absolute Gasteiger partial charge is 0.435 e. The fourth-order valence-corrected chi connectivity index (χ4v) is 5.24. The molecule has 3 aromatic rings. The van der Waals surface area contributed by atoms with Crippen LogP contribution in [0.5, 0.6) is 0 Å². The second kappa shape index (κ2) is 8.30. The van der Waals surface area contributed by atoms with Gasteiger partial charge in [-0.2, -0.15) is 13.2 Å². The third-order valence-electron chi connectivity index (χ3n) is 5.54. The molecule has 0 atom stereocenters. The Labute approximate surface area is 195 Å². The summed E-state index contributed by atoms with van der Waals surface area (Å²) in [7, 11) is -3.46. The number of nitrogens with zero attached hydrogens (tertiary/aromatic N) is 3. The zero-order chi connectivity index (χ0) is 25.1. The summed E-state index contributed by atoms with van der Waals surface area (Å²) in [5.74, 6) is -0.893. The molecule has 0 aliphatic heterocycles. The van der Waals surface area contributed by atoms with Gasteiger partial charge in [0.05, 0.1) is 10.9 Å². The van der Waals surface area contributed by atoms with Crippen LogP contribution in [0.15, 0.2) is 24.5 Å². The van der Waals surface area contributed by atoms with Crippen molar-refractivity contribution < 1.29 is 26.0 Å². The van der Waals surface area contributed by atoms with E-state index in [-0.39, 0.29) is 23.2 Å². The Morgan fingerprint density at radius 2 is 1.85 bits per heavy atom. The molecule has 1 aromatic carbocycles. The number of benzene rings is 1. The molecule has 1 N–H and O–H groups in total. The van der Waals surface area contributed by atoms with Gasteiger partial charge in [-0.3, -0.25) is 4.98 Å². The maximum atomic E-state index is 15.2. The highest BCUT2D eigenvalue weighted by Crippen LogP contribution is 2.38. The van der Waals surface area contributed by atoms with Crippen molar-refractivity contribution in [2.24, 2.45) is 5.41 Å². The summed E-state index contributed by atoms with van der Waals surface area (Å²) >= 11 is 0. The van der Waals surface area contributed by atoms with Gasteiger partial charge >= 0.3 is 6.18 Å². The van der Waals surface area contributed by atoms with Crippen LogP contribution in [-0.4, -0.2) is 28.2 Å². The molecule has 34 heavy (non-hydrogen) atoms. The molecule has 1 aliphatic carbocycles. The van der Waals surface area contributed by atoms with E-state index in [1.165, 1.54) is 19.2 Å². The van der Waals surface area contributed by atoms with Crippen LogP contribution in [0.1, 0.15) is 50.6 Å². The standard InChI is InChI=1S/C23H26F4N4O2S/c1-13-9-28-20(21(30-13)23(25,26)27)17-8-19-16(7-18(17)24)14(11-31(19)12-22(2,3)4)10-29-34(32,33)15-5-6-15/h7-9,11,15,29H,5-6,10,12H2,1-4H3. The lowest BCUT2D eigenvalue weighted by Crippen LogP contribution is -2.26. The number of aromatic nitrogens is 3. The van der Waals surface area contributed by atoms with Crippen LogP contribution in [0.4, 0.5) is 17.6 Å². The van der Waals surface area contributed by atoms with Gasteiger partial charge in [-0.25, -0.2) is 22.5 Å². The normalized spacial score (nSPS) is 15.3. The van der Waals surface area contributed by atoms with Crippen LogP contribution in [-0.2, 0) is 29.3 Å².